The Morgan fingerprint density at radius 3 is 2.56 bits per heavy atom. The summed E-state index contributed by atoms with van der Waals surface area (Å²) in [4.78, 5) is 2.57. The summed E-state index contributed by atoms with van der Waals surface area (Å²) in [5.41, 5.74) is 6.42. The third-order valence-corrected chi connectivity index (χ3v) is 3.83. The maximum absolute atomic E-state index is 5.76. The first-order valence-corrected chi connectivity index (χ1v) is 6.68. The molecule has 96 valence electrons. The molecular weight excluding hydrogens is 246 g/mol. The lowest BCUT2D eigenvalue weighted by Crippen LogP contribution is -1.97. The molecule has 0 aliphatic carbocycles. The van der Waals surface area contributed by atoms with Crippen LogP contribution in [-0.4, -0.2) is 7.11 Å². The lowest BCUT2D eigenvalue weighted by molar-refractivity contribution is 0.287. The Balaban J connectivity index is 2.07. The zero-order valence-electron chi connectivity index (χ0n) is 10.6. The second kappa shape index (κ2) is 5.78. The first-order valence-electron chi connectivity index (χ1n) is 5.87. The van der Waals surface area contributed by atoms with Gasteiger partial charge in [-0.05, 0) is 30.7 Å². The van der Waals surface area contributed by atoms with Crippen molar-refractivity contribution in [2.24, 2.45) is 0 Å². The second-order valence-electron chi connectivity index (χ2n) is 3.92. The first-order chi connectivity index (χ1) is 8.72. The summed E-state index contributed by atoms with van der Waals surface area (Å²) in [5.74, 6) is 1.39. The summed E-state index contributed by atoms with van der Waals surface area (Å²) in [7, 11) is 1.62. The van der Waals surface area contributed by atoms with Crippen LogP contribution in [0.15, 0.2) is 30.3 Å². The molecule has 0 atom stereocenters. The quantitative estimate of drug-likeness (QED) is 0.840. The molecule has 2 rings (SSSR count). The summed E-state index contributed by atoms with van der Waals surface area (Å²) in [6, 6.07) is 9.64. The topological polar surface area (TPSA) is 44.5 Å². The summed E-state index contributed by atoms with van der Waals surface area (Å²) < 4.78 is 11.0. The second-order valence-corrected chi connectivity index (χ2v) is 5.17. The van der Waals surface area contributed by atoms with E-state index < -0.39 is 0 Å². The van der Waals surface area contributed by atoms with Crippen LogP contribution < -0.4 is 15.2 Å². The molecule has 18 heavy (non-hydrogen) atoms. The molecule has 0 spiro atoms. The van der Waals surface area contributed by atoms with Gasteiger partial charge in [-0.3, -0.25) is 0 Å². The Kier molecular flexibility index (Phi) is 4.10. The number of nitrogens with two attached hydrogens (primary N) is 1. The van der Waals surface area contributed by atoms with E-state index in [1.165, 1.54) is 9.75 Å². The number of aryl methyl sites for hydroxylation is 1. The molecule has 1 heterocycles. The molecule has 0 saturated heterocycles. The van der Waals surface area contributed by atoms with Crippen LogP contribution in [-0.2, 0) is 13.0 Å². The van der Waals surface area contributed by atoms with E-state index in [4.69, 9.17) is 15.2 Å². The minimum Gasteiger partial charge on any atom is -0.493 e. The van der Waals surface area contributed by atoms with Crippen LogP contribution in [0, 0.1) is 0 Å². The summed E-state index contributed by atoms with van der Waals surface area (Å²) in [5, 5.41) is 0. The number of hydrogen-bond donors (Lipinski definition) is 1. The van der Waals surface area contributed by atoms with Gasteiger partial charge >= 0.3 is 0 Å². The molecule has 3 nitrogen and oxygen atoms in total. The van der Waals surface area contributed by atoms with Crippen LogP contribution in [0.1, 0.15) is 16.7 Å². The van der Waals surface area contributed by atoms with E-state index in [9.17, 15) is 0 Å². The average molecular weight is 263 g/mol. The van der Waals surface area contributed by atoms with E-state index in [2.05, 4.69) is 19.1 Å². The highest BCUT2D eigenvalue weighted by Gasteiger charge is 2.06. The van der Waals surface area contributed by atoms with Gasteiger partial charge in [0.2, 0.25) is 0 Å². The third kappa shape index (κ3) is 2.96. The molecule has 1 aromatic heterocycles. The standard InChI is InChI=1S/C14H17NO2S/c1-3-11-5-6-12(18-11)9-17-14-8-10(15)4-7-13(14)16-2/h4-8H,3,9,15H2,1-2H3. The Labute approximate surface area is 111 Å². The Bertz CT molecular complexity index is 522. The zero-order valence-corrected chi connectivity index (χ0v) is 11.4. The minimum atomic E-state index is 0.546. The maximum atomic E-state index is 5.76. The minimum absolute atomic E-state index is 0.546. The number of nitrogen functional groups attached to an aromatic ring is 1. The molecule has 0 aliphatic rings. The number of rotatable bonds is 5. The van der Waals surface area contributed by atoms with Gasteiger partial charge in [-0.2, -0.15) is 0 Å². The van der Waals surface area contributed by atoms with E-state index >= 15 is 0 Å². The van der Waals surface area contributed by atoms with Gasteiger partial charge in [0.15, 0.2) is 11.5 Å². The highest BCUT2D eigenvalue weighted by atomic mass is 32.1. The predicted molar refractivity (Wildman–Crippen MR) is 75.4 cm³/mol. The van der Waals surface area contributed by atoms with Crippen LogP contribution >= 0.6 is 11.3 Å². The Hall–Kier alpha value is -1.68. The molecule has 0 amide bonds. The van der Waals surface area contributed by atoms with Gasteiger partial charge in [0.05, 0.1) is 7.11 Å². The number of methoxy groups -OCH3 is 1. The SMILES string of the molecule is CCc1ccc(COc2cc(N)ccc2OC)s1. The number of ether oxygens (including phenoxy) is 2. The van der Waals surface area contributed by atoms with Gasteiger partial charge in [-0.15, -0.1) is 11.3 Å². The van der Waals surface area contributed by atoms with Crippen molar-refractivity contribution in [1.29, 1.82) is 0 Å². The van der Waals surface area contributed by atoms with Gasteiger partial charge in [0, 0.05) is 21.5 Å². The van der Waals surface area contributed by atoms with Crippen molar-refractivity contribution in [3.63, 3.8) is 0 Å². The van der Waals surface area contributed by atoms with Crippen molar-refractivity contribution in [2.45, 2.75) is 20.0 Å². The number of benzene rings is 1. The van der Waals surface area contributed by atoms with Gasteiger partial charge in [0.1, 0.15) is 6.61 Å². The van der Waals surface area contributed by atoms with Crippen LogP contribution in [0.2, 0.25) is 0 Å². The number of hydrogen-bond acceptors (Lipinski definition) is 4. The fraction of sp³-hybridized carbons (Fsp3) is 0.286. The van der Waals surface area contributed by atoms with E-state index in [-0.39, 0.29) is 0 Å². The molecule has 0 bridgehead atoms. The molecule has 2 N–H and O–H groups in total. The number of thiophene rings is 1. The van der Waals surface area contributed by atoms with Crippen LogP contribution in [0.5, 0.6) is 11.5 Å². The van der Waals surface area contributed by atoms with Crippen molar-refractivity contribution in [2.75, 3.05) is 12.8 Å². The fourth-order valence-corrected chi connectivity index (χ4v) is 2.52. The molecule has 4 heteroatoms. The van der Waals surface area contributed by atoms with Crippen LogP contribution in [0.4, 0.5) is 5.69 Å². The smallest absolute Gasteiger partial charge is 0.163 e. The fourth-order valence-electron chi connectivity index (χ4n) is 1.64. The predicted octanol–water partition coefficient (Wildman–Crippen LogP) is 3.48. The lowest BCUT2D eigenvalue weighted by Gasteiger charge is -2.10. The molecule has 1 aromatic carbocycles. The molecule has 0 unspecified atom stereocenters. The molecule has 0 fully saturated rings. The van der Waals surface area contributed by atoms with Gasteiger partial charge in [-0.25, -0.2) is 0 Å². The summed E-state index contributed by atoms with van der Waals surface area (Å²) in [6.45, 7) is 2.70. The van der Waals surface area contributed by atoms with Crippen LogP contribution in [0.25, 0.3) is 0 Å². The van der Waals surface area contributed by atoms with Crippen molar-refractivity contribution < 1.29 is 9.47 Å². The van der Waals surface area contributed by atoms with Crippen molar-refractivity contribution in [3.05, 3.63) is 40.1 Å². The van der Waals surface area contributed by atoms with E-state index in [1.807, 2.05) is 6.07 Å². The van der Waals surface area contributed by atoms with E-state index in [0.717, 1.165) is 6.42 Å². The summed E-state index contributed by atoms with van der Waals surface area (Å²) in [6.07, 6.45) is 1.06. The maximum Gasteiger partial charge on any atom is 0.163 e. The zero-order chi connectivity index (χ0) is 13.0. The summed E-state index contributed by atoms with van der Waals surface area (Å²) >= 11 is 1.77. The van der Waals surface area contributed by atoms with E-state index in [1.54, 1.807) is 30.6 Å². The van der Waals surface area contributed by atoms with Crippen molar-refractivity contribution in [3.8, 4) is 11.5 Å². The molecule has 2 aromatic rings. The Morgan fingerprint density at radius 2 is 1.89 bits per heavy atom. The van der Waals surface area contributed by atoms with Gasteiger partial charge in [0.25, 0.3) is 0 Å². The largest absolute Gasteiger partial charge is 0.493 e. The highest BCUT2D eigenvalue weighted by molar-refractivity contribution is 7.11. The highest BCUT2D eigenvalue weighted by Crippen LogP contribution is 2.30. The first kappa shape index (κ1) is 12.8. The Morgan fingerprint density at radius 1 is 1.11 bits per heavy atom. The third-order valence-electron chi connectivity index (χ3n) is 2.62. The van der Waals surface area contributed by atoms with Crippen molar-refractivity contribution >= 4 is 17.0 Å². The number of anilines is 1. The average Bonchev–Trinajstić information content (AvgIpc) is 2.84. The molecule has 0 radical (unpaired) electrons. The van der Waals surface area contributed by atoms with E-state index in [0.29, 0.717) is 23.8 Å². The molecular formula is C14H17NO2S. The van der Waals surface area contributed by atoms with Gasteiger partial charge in [-0.1, -0.05) is 6.92 Å². The lowest BCUT2D eigenvalue weighted by atomic mass is 10.3. The normalized spacial score (nSPS) is 10.3. The molecule has 0 aliphatic heterocycles. The monoisotopic (exact) mass is 263 g/mol. The van der Waals surface area contributed by atoms with Gasteiger partial charge < -0.3 is 15.2 Å². The van der Waals surface area contributed by atoms with Crippen molar-refractivity contribution in [1.82, 2.24) is 0 Å². The molecule has 0 saturated carbocycles. The van der Waals surface area contributed by atoms with Crippen LogP contribution in [0.3, 0.4) is 0 Å².